The number of hydrogen-bond acceptors (Lipinski definition) is 1. The Balaban J connectivity index is 1.69. The SMILES string of the molecule is Cc1ccc2[nH]c3c(c2c1)CCNC3c1ccc2ccccc2c1. The largest absolute Gasteiger partial charge is 0.357 e. The zero-order valence-corrected chi connectivity index (χ0v) is 13.8. The summed E-state index contributed by atoms with van der Waals surface area (Å²) in [7, 11) is 0. The first-order valence-electron chi connectivity index (χ1n) is 8.63. The molecule has 118 valence electrons. The van der Waals surface area contributed by atoms with E-state index < -0.39 is 0 Å². The average molecular weight is 312 g/mol. The molecule has 1 aliphatic rings. The van der Waals surface area contributed by atoms with Gasteiger partial charge in [-0.3, -0.25) is 0 Å². The molecule has 1 aromatic heterocycles. The molecule has 0 saturated carbocycles. The molecule has 0 radical (unpaired) electrons. The standard InChI is InChI=1S/C22H20N2/c1-14-6-9-20-19(12-14)18-10-11-23-21(22(18)24-20)17-8-7-15-4-2-3-5-16(15)13-17/h2-9,12-13,21,23-24H,10-11H2,1H3. The van der Waals surface area contributed by atoms with Gasteiger partial charge in [0, 0.05) is 23.1 Å². The number of aryl methyl sites for hydroxylation is 1. The molecular formula is C22H20N2. The Hall–Kier alpha value is -2.58. The van der Waals surface area contributed by atoms with Crippen LogP contribution >= 0.6 is 0 Å². The molecule has 0 amide bonds. The van der Waals surface area contributed by atoms with Gasteiger partial charge in [-0.05, 0) is 53.4 Å². The first-order chi connectivity index (χ1) is 11.8. The lowest BCUT2D eigenvalue weighted by Gasteiger charge is -2.25. The van der Waals surface area contributed by atoms with Gasteiger partial charge < -0.3 is 10.3 Å². The van der Waals surface area contributed by atoms with Gasteiger partial charge in [-0.25, -0.2) is 0 Å². The molecule has 2 N–H and O–H groups in total. The third kappa shape index (κ3) is 2.07. The molecule has 2 heterocycles. The van der Waals surface area contributed by atoms with Crippen LogP contribution in [-0.2, 0) is 6.42 Å². The highest BCUT2D eigenvalue weighted by Gasteiger charge is 2.25. The molecule has 1 unspecified atom stereocenters. The first-order valence-corrected chi connectivity index (χ1v) is 8.63. The molecule has 0 saturated heterocycles. The zero-order valence-electron chi connectivity index (χ0n) is 13.8. The van der Waals surface area contributed by atoms with Crippen molar-refractivity contribution in [2.75, 3.05) is 6.54 Å². The van der Waals surface area contributed by atoms with Crippen LogP contribution in [0.3, 0.4) is 0 Å². The van der Waals surface area contributed by atoms with Crippen LogP contribution in [0.1, 0.15) is 28.4 Å². The maximum Gasteiger partial charge on any atom is 0.0732 e. The van der Waals surface area contributed by atoms with E-state index >= 15 is 0 Å². The van der Waals surface area contributed by atoms with E-state index in [4.69, 9.17) is 0 Å². The number of hydrogen-bond donors (Lipinski definition) is 2. The summed E-state index contributed by atoms with van der Waals surface area (Å²) in [5.41, 5.74) is 6.71. The van der Waals surface area contributed by atoms with E-state index in [1.165, 1.54) is 44.1 Å². The van der Waals surface area contributed by atoms with Crippen molar-refractivity contribution in [1.82, 2.24) is 10.3 Å². The lowest BCUT2D eigenvalue weighted by molar-refractivity contribution is 0.561. The summed E-state index contributed by atoms with van der Waals surface area (Å²) in [5, 5.41) is 7.68. The molecule has 1 aliphatic heterocycles. The van der Waals surface area contributed by atoms with Crippen molar-refractivity contribution in [1.29, 1.82) is 0 Å². The number of benzene rings is 3. The Morgan fingerprint density at radius 2 is 1.79 bits per heavy atom. The van der Waals surface area contributed by atoms with Gasteiger partial charge in [0.15, 0.2) is 0 Å². The fourth-order valence-corrected chi connectivity index (χ4v) is 4.01. The molecule has 3 aromatic carbocycles. The normalized spacial score (nSPS) is 17.3. The zero-order chi connectivity index (χ0) is 16.1. The van der Waals surface area contributed by atoms with Crippen molar-refractivity contribution in [2.24, 2.45) is 0 Å². The molecule has 1 atom stereocenters. The second-order valence-electron chi connectivity index (χ2n) is 6.81. The Kier molecular flexibility index (Phi) is 3.00. The summed E-state index contributed by atoms with van der Waals surface area (Å²) in [6, 6.07) is 22.3. The van der Waals surface area contributed by atoms with Gasteiger partial charge in [-0.2, -0.15) is 0 Å². The van der Waals surface area contributed by atoms with Crippen LogP contribution in [0.4, 0.5) is 0 Å². The number of H-pyrrole nitrogens is 1. The van der Waals surface area contributed by atoms with Crippen molar-refractivity contribution >= 4 is 21.7 Å². The third-order valence-electron chi connectivity index (χ3n) is 5.21. The van der Waals surface area contributed by atoms with E-state index in [2.05, 4.69) is 77.9 Å². The summed E-state index contributed by atoms with van der Waals surface area (Å²) in [6.07, 6.45) is 1.09. The van der Waals surface area contributed by atoms with Crippen LogP contribution in [-0.4, -0.2) is 11.5 Å². The minimum absolute atomic E-state index is 0.242. The fourth-order valence-electron chi connectivity index (χ4n) is 4.01. The van der Waals surface area contributed by atoms with E-state index in [9.17, 15) is 0 Å². The maximum atomic E-state index is 3.70. The van der Waals surface area contributed by atoms with Gasteiger partial charge in [0.05, 0.1) is 6.04 Å². The van der Waals surface area contributed by atoms with E-state index in [0.717, 1.165) is 13.0 Å². The van der Waals surface area contributed by atoms with E-state index in [0.29, 0.717) is 0 Å². The topological polar surface area (TPSA) is 27.8 Å². The fraction of sp³-hybridized carbons (Fsp3) is 0.182. The van der Waals surface area contributed by atoms with Gasteiger partial charge >= 0.3 is 0 Å². The van der Waals surface area contributed by atoms with Gasteiger partial charge in [0.1, 0.15) is 0 Å². The van der Waals surface area contributed by atoms with Gasteiger partial charge in [0.2, 0.25) is 0 Å². The van der Waals surface area contributed by atoms with E-state index in [1.807, 2.05) is 0 Å². The lowest BCUT2D eigenvalue weighted by atomic mass is 9.93. The smallest absolute Gasteiger partial charge is 0.0732 e. The molecule has 2 heteroatoms. The number of rotatable bonds is 1. The predicted octanol–water partition coefficient (Wildman–Crippen LogP) is 4.86. The second kappa shape index (κ2) is 5.22. The Labute approximate surface area is 141 Å². The third-order valence-corrected chi connectivity index (χ3v) is 5.21. The number of aromatic amines is 1. The monoisotopic (exact) mass is 312 g/mol. The van der Waals surface area contributed by atoms with Crippen LogP contribution in [0.15, 0.2) is 60.7 Å². The van der Waals surface area contributed by atoms with Crippen molar-refractivity contribution in [2.45, 2.75) is 19.4 Å². The van der Waals surface area contributed by atoms with Crippen molar-refractivity contribution in [3.8, 4) is 0 Å². The minimum atomic E-state index is 0.242. The maximum absolute atomic E-state index is 3.70. The van der Waals surface area contributed by atoms with Crippen LogP contribution in [0.25, 0.3) is 21.7 Å². The van der Waals surface area contributed by atoms with Crippen LogP contribution in [0, 0.1) is 6.92 Å². The highest BCUT2D eigenvalue weighted by Crippen LogP contribution is 2.34. The summed E-state index contributed by atoms with van der Waals surface area (Å²) in [5.74, 6) is 0. The minimum Gasteiger partial charge on any atom is -0.357 e. The summed E-state index contributed by atoms with van der Waals surface area (Å²) in [4.78, 5) is 3.68. The predicted molar refractivity (Wildman–Crippen MR) is 101 cm³/mol. The molecule has 0 aliphatic carbocycles. The molecule has 5 rings (SSSR count). The van der Waals surface area contributed by atoms with Crippen molar-refractivity contribution in [3.63, 3.8) is 0 Å². The molecule has 0 spiro atoms. The van der Waals surface area contributed by atoms with Crippen LogP contribution in [0.5, 0.6) is 0 Å². The molecule has 0 fully saturated rings. The van der Waals surface area contributed by atoms with Gasteiger partial charge in [-0.1, -0.05) is 48.0 Å². The Morgan fingerprint density at radius 1 is 0.917 bits per heavy atom. The van der Waals surface area contributed by atoms with Crippen molar-refractivity contribution < 1.29 is 0 Å². The Morgan fingerprint density at radius 3 is 2.71 bits per heavy atom. The molecule has 24 heavy (non-hydrogen) atoms. The molecule has 2 nitrogen and oxygen atoms in total. The van der Waals surface area contributed by atoms with Crippen LogP contribution < -0.4 is 5.32 Å². The summed E-state index contributed by atoms with van der Waals surface area (Å²) in [6.45, 7) is 3.19. The number of fused-ring (bicyclic) bond motifs is 4. The second-order valence-corrected chi connectivity index (χ2v) is 6.81. The quantitative estimate of drug-likeness (QED) is 0.516. The average Bonchev–Trinajstić information content (AvgIpc) is 2.99. The molecule has 4 aromatic rings. The highest BCUT2D eigenvalue weighted by atomic mass is 15.0. The van der Waals surface area contributed by atoms with Gasteiger partial charge in [-0.15, -0.1) is 0 Å². The molecular weight excluding hydrogens is 292 g/mol. The summed E-state index contributed by atoms with van der Waals surface area (Å²) >= 11 is 0. The van der Waals surface area contributed by atoms with Crippen LogP contribution in [0.2, 0.25) is 0 Å². The first kappa shape index (κ1) is 13.8. The van der Waals surface area contributed by atoms with Crippen molar-refractivity contribution in [3.05, 3.63) is 83.0 Å². The van der Waals surface area contributed by atoms with E-state index in [1.54, 1.807) is 0 Å². The highest BCUT2D eigenvalue weighted by molar-refractivity contribution is 5.87. The Bertz CT molecular complexity index is 1060. The summed E-state index contributed by atoms with van der Waals surface area (Å²) < 4.78 is 0. The molecule has 0 bridgehead atoms. The number of nitrogens with one attached hydrogen (secondary N) is 2. The van der Waals surface area contributed by atoms with Gasteiger partial charge in [0.25, 0.3) is 0 Å². The number of aromatic nitrogens is 1. The van der Waals surface area contributed by atoms with E-state index in [-0.39, 0.29) is 6.04 Å². The lowest BCUT2D eigenvalue weighted by Crippen LogP contribution is -2.30.